The summed E-state index contributed by atoms with van der Waals surface area (Å²) in [5.41, 5.74) is 5.31. The van der Waals surface area contributed by atoms with Gasteiger partial charge in [0.15, 0.2) is 0 Å². The monoisotopic (exact) mass is 483 g/mol. The van der Waals surface area contributed by atoms with E-state index in [9.17, 15) is 18.4 Å². The highest BCUT2D eigenvalue weighted by molar-refractivity contribution is 7.11. The van der Waals surface area contributed by atoms with E-state index in [1.54, 1.807) is 0 Å². The molecule has 0 spiro atoms. The second-order valence-corrected chi connectivity index (χ2v) is 8.31. The molecule has 2 aromatic rings. The maximum atomic E-state index is 14.1. The van der Waals surface area contributed by atoms with Crippen molar-refractivity contribution >= 4 is 28.5 Å². The summed E-state index contributed by atoms with van der Waals surface area (Å²) in [6.07, 6.45) is 0.444. The summed E-state index contributed by atoms with van der Waals surface area (Å²) >= 11 is 0.804. The largest absolute Gasteiger partial charge is 0.468 e. The van der Waals surface area contributed by atoms with Crippen LogP contribution in [0.15, 0.2) is 18.2 Å². The molecule has 2 atom stereocenters. The number of amides is 3. The van der Waals surface area contributed by atoms with Crippen LogP contribution in [0.2, 0.25) is 0 Å². The molecule has 1 aliphatic rings. The number of carbonyl (C=O) groups excluding carboxylic acids is 2. The number of nitrogens with one attached hydrogen (secondary N) is 2. The third kappa shape index (κ3) is 6.36. The predicted octanol–water partition coefficient (Wildman–Crippen LogP) is 3.24. The van der Waals surface area contributed by atoms with Crippen molar-refractivity contribution < 1.29 is 27.8 Å². The van der Waals surface area contributed by atoms with Gasteiger partial charge < -0.3 is 20.5 Å². The number of hydrogen-bond acceptors (Lipinski definition) is 7. The number of urea groups is 1. The molecular formula is C21H27F2N5O4S. The lowest BCUT2D eigenvalue weighted by atomic mass is 10.1. The molecule has 1 saturated heterocycles. The van der Waals surface area contributed by atoms with Crippen LogP contribution in [0.25, 0.3) is 0 Å². The van der Waals surface area contributed by atoms with E-state index in [1.165, 1.54) is 6.92 Å². The van der Waals surface area contributed by atoms with Crippen molar-refractivity contribution in [1.29, 1.82) is 0 Å². The third-order valence-electron chi connectivity index (χ3n) is 5.16. The number of rotatable bonds is 9. The lowest BCUT2D eigenvalue weighted by Crippen LogP contribution is -2.53. The Balaban J connectivity index is 1.72. The SMILES string of the molecule is CCCC(NC(=O)Nc1snc(OC(C)c2cc(F)ccc2F)c1C(N)=O)N1CCOCC1. The first-order chi connectivity index (χ1) is 15.8. The van der Waals surface area contributed by atoms with Crippen molar-refractivity contribution in [3.63, 3.8) is 0 Å². The van der Waals surface area contributed by atoms with Crippen LogP contribution in [-0.4, -0.2) is 53.7 Å². The first-order valence-electron chi connectivity index (χ1n) is 10.6. The van der Waals surface area contributed by atoms with Crippen LogP contribution in [0.3, 0.4) is 0 Å². The molecule has 1 fully saturated rings. The van der Waals surface area contributed by atoms with Gasteiger partial charge in [-0.05, 0) is 43.1 Å². The van der Waals surface area contributed by atoms with Gasteiger partial charge in [0.05, 0.1) is 19.4 Å². The summed E-state index contributed by atoms with van der Waals surface area (Å²) < 4.78 is 42.6. The van der Waals surface area contributed by atoms with Crippen molar-refractivity contribution in [2.75, 3.05) is 31.6 Å². The Hall–Kier alpha value is -2.83. The number of aromatic nitrogens is 1. The minimum absolute atomic E-state index is 0.0430. The number of nitrogens with two attached hydrogens (primary N) is 1. The molecule has 0 radical (unpaired) electrons. The van der Waals surface area contributed by atoms with Gasteiger partial charge in [0.25, 0.3) is 5.91 Å². The second-order valence-electron chi connectivity index (χ2n) is 7.53. The van der Waals surface area contributed by atoms with Gasteiger partial charge in [-0.15, -0.1) is 0 Å². The van der Waals surface area contributed by atoms with Crippen LogP contribution in [-0.2, 0) is 4.74 Å². The zero-order valence-corrected chi connectivity index (χ0v) is 19.2. The number of halogens is 2. The lowest BCUT2D eigenvalue weighted by molar-refractivity contribution is 0.00980. The Morgan fingerprint density at radius 2 is 2.06 bits per heavy atom. The minimum atomic E-state index is -0.960. The summed E-state index contributed by atoms with van der Waals surface area (Å²) in [7, 11) is 0. The van der Waals surface area contributed by atoms with Crippen molar-refractivity contribution in [1.82, 2.24) is 14.6 Å². The summed E-state index contributed by atoms with van der Waals surface area (Å²) in [5.74, 6) is -2.34. The number of hydrogen-bond donors (Lipinski definition) is 3. The number of anilines is 1. The fourth-order valence-corrected chi connectivity index (χ4v) is 4.24. The average molecular weight is 484 g/mol. The topological polar surface area (TPSA) is 119 Å². The van der Waals surface area contributed by atoms with Crippen LogP contribution in [0.1, 0.15) is 48.7 Å². The van der Waals surface area contributed by atoms with E-state index in [0.29, 0.717) is 26.3 Å². The molecular weight excluding hydrogens is 456 g/mol. The minimum Gasteiger partial charge on any atom is -0.468 e. The molecule has 1 aromatic carbocycles. The molecule has 180 valence electrons. The summed E-state index contributed by atoms with van der Waals surface area (Å²) in [4.78, 5) is 26.9. The van der Waals surface area contributed by atoms with E-state index in [2.05, 4.69) is 19.9 Å². The molecule has 0 bridgehead atoms. The Morgan fingerprint density at radius 3 is 2.73 bits per heavy atom. The van der Waals surface area contributed by atoms with E-state index in [-0.39, 0.29) is 28.2 Å². The van der Waals surface area contributed by atoms with Crippen LogP contribution < -0.4 is 21.1 Å². The number of nitrogens with zero attached hydrogens (tertiary/aromatic N) is 2. The standard InChI is InChI=1S/C21H27F2N5O4S/c1-3-4-16(28-7-9-31-10-8-28)25-21(30)26-20-17(18(24)29)19(27-33-20)32-12(2)14-11-13(22)5-6-15(14)23/h5-6,11-12,16H,3-4,7-10H2,1-2H3,(H2,24,29)(H2,25,26,30). The van der Waals surface area contributed by atoms with Crippen molar-refractivity contribution in [2.24, 2.45) is 5.73 Å². The van der Waals surface area contributed by atoms with Gasteiger partial charge in [-0.1, -0.05) is 13.3 Å². The lowest BCUT2D eigenvalue weighted by Gasteiger charge is -2.34. The highest BCUT2D eigenvalue weighted by Gasteiger charge is 2.26. The molecule has 2 heterocycles. The fourth-order valence-electron chi connectivity index (χ4n) is 3.51. The van der Waals surface area contributed by atoms with Crippen LogP contribution in [0, 0.1) is 11.6 Å². The number of morpholine rings is 1. The number of benzene rings is 1. The molecule has 9 nitrogen and oxygen atoms in total. The van der Waals surface area contributed by atoms with E-state index in [1.807, 2.05) is 6.92 Å². The smallest absolute Gasteiger partial charge is 0.321 e. The number of ether oxygens (including phenoxy) is 2. The first kappa shape index (κ1) is 24.8. The summed E-state index contributed by atoms with van der Waals surface area (Å²) in [6.45, 7) is 6.09. The zero-order valence-electron chi connectivity index (χ0n) is 18.4. The van der Waals surface area contributed by atoms with Gasteiger partial charge in [0, 0.05) is 18.7 Å². The number of primary amides is 1. The van der Waals surface area contributed by atoms with Crippen LogP contribution in [0.5, 0.6) is 5.88 Å². The van der Waals surface area contributed by atoms with E-state index in [4.69, 9.17) is 15.2 Å². The molecule has 0 saturated carbocycles. The third-order valence-corrected chi connectivity index (χ3v) is 5.91. The average Bonchev–Trinajstić information content (AvgIpc) is 3.17. The summed E-state index contributed by atoms with van der Waals surface area (Å²) in [6, 6.07) is 2.45. The molecule has 4 N–H and O–H groups in total. The maximum absolute atomic E-state index is 14.1. The molecule has 0 aliphatic carbocycles. The van der Waals surface area contributed by atoms with E-state index in [0.717, 1.165) is 42.6 Å². The molecule has 3 rings (SSSR count). The van der Waals surface area contributed by atoms with Gasteiger partial charge in [-0.25, -0.2) is 13.6 Å². The highest BCUT2D eigenvalue weighted by atomic mass is 32.1. The van der Waals surface area contributed by atoms with Crippen LogP contribution >= 0.6 is 11.5 Å². The van der Waals surface area contributed by atoms with Gasteiger partial charge in [0.2, 0.25) is 5.88 Å². The van der Waals surface area contributed by atoms with Gasteiger partial charge in [-0.3, -0.25) is 15.0 Å². The van der Waals surface area contributed by atoms with E-state index >= 15 is 0 Å². The Labute approximate surface area is 194 Å². The Bertz CT molecular complexity index is 984. The molecule has 33 heavy (non-hydrogen) atoms. The fraction of sp³-hybridized carbons (Fsp3) is 0.476. The zero-order chi connectivity index (χ0) is 24.0. The summed E-state index contributed by atoms with van der Waals surface area (Å²) in [5, 5.41) is 5.61. The normalized spacial score (nSPS) is 16.1. The molecule has 3 amide bonds. The van der Waals surface area contributed by atoms with Gasteiger partial charge >= 0.3 is 6.03 Å². The molecule has 12 heteroatoms. The van der Waals surface area contributed by atoms with Crippen LogP contribution in [0.4, 0.5) is 18.6 Å². The Kier molecular flexibility index (Phi) is 8.53. The van der Waals surface area contributed by atoms with Gasteiger partial charge in [-0.2, -0.15) is 4.37 Å². The first-order valence-corrected chi connectivity index (χ1v) is 11.4. The maximum Gasteiger partial charge on any atom is 0.321 e. The number of carbonyl (C=O) groups is 2. The predicted molar refractivity (Wildman–Crippen MR) is 119 cm³/mol. The van der Waals surface area contributed by atoms with E-state index < -0.39 is 29.7 Å². The Morgan fingerprint density at radius 1 is 1.33 bits per heavy atom. The van der Waals surface area contributed by atoms with Gasteiger partial charge in [0.1, 0.15) is 28.3 Å². The van der Waals surface area contributed by atoms with Crippen molar-refractivity contribution in [3.05, 3.63) is 41.0 Å². The molecule has 1 aromatic heterocycles. The van der Waals surface area contributed by atoms with Crippen molar-refractivity contribution in [3.8, 4) is 5.88 Å². The highest BCUT2D eigenvalue weighted by Crippen LogP contribution is 2.33. The second kappa shape index (κ2) is 11.3. The quantitative estimate of drug-likeness (QED) is 0.504. The molecule has 2 unspecified atom stereocenters. The molecule has 1 aliphatic heterocycles. The van der Waals surface area contributed by atoms with Crippen molar-refractivity contribution in [2.45, 2.75) is 39.0 Å².